The first kappa shape index (κ1) is 11.4. The molecule has 0 aromatic carbocycles. The van der Waals surface area contributed by atoms with E-state index in [9.17, 15) is 4.79 Å². The number of pyridine rings is 1. The Bertz CT molecular complexity index is 500. The number of carbonyl (C=O) groups excluding carboxylic acids is 1. The summed E-state index contributed by atoms with van der Waals surface area (Å²) in [7, 11) is 0. The number of aromatic nitrogens is 3. The lowest BCUT2D eigenvalue weighted by Gasteiger charge is -2.17. The third kappa shape index (κ3) is 2.35. The zero-order chi connectivity index (χ0) is 12.4. The number of nitrogens with one attached hydrogen (secondary N) is 1. The molecule has 17 heavy (non-hydrogen) atoms. The number of fused-ring (bicyclic) bond motifs is 1. The van der Waals surface area contributed by atoms with E-state index < -0.39 is 11.9 Å². The highest BCUT2D eigenvalue weighted by molar-refractivity contribution is 5.82. The van der Waals surface area contributed by atoms with Gasteiger partial charge in [0.2, 0.25) is 11.9 Å². The fourth-order valence-electron chi connectivity index (χ4n) is 1.60. The highest BCUT2D eigenvalue weighted by Crippen LogP contribution is 2.10. The van der Waals surface area contributed by atoms with Crippen LogP contribution in [0.3, 0.4) is 0 Å². The maximum atomic E-state index is 11.3. The summed E-state index contributed by atoms with van der Waals surface area (Å²) >= 11 is 0. The Morgan fingerprint density at radius 1 is 1.47 bits per heavy atom. The molecule has 1 atom stereocenters. The standard InChI is InChI=1S/C11H15N5O/c1-7(2)9(10(12)17)14-11-13-8-5-3-4-6-16(8)15-11/h3-7,9H,1-2H3,(H2,12,17)(H,14,15). The van der Waals surface area contributed by atoms with Crippen LogP contribution in [0.4, 0.5) is 5.95 Å². The van der Waals surface area contributed by atoms with E-state index in [4.69, 9.17) is 5.73 Å². The zero-order valence-corrected chi connectivity index (χ0v) is 9.79. The van der Waals surface area contributed by atoms with Gasteiger partial charge in [-0.1, -0.05) is 19.9 Å². The molecule has 0 fully saturated rings. The van der Waals surface area contributed by atoms with Gasteiger partial charge in [0, 0.05) is 6.20 Å². The van der Waals surface area contributed by atoms with Gasteiger partial charge in [0.15, 0.2) is 5.65 Å². The molecule has 0 bridgehead atoms. The summed E-state index contributed by atoms with van der Waals surface area (Å²) < 4.78 is 1.64. The Morgan fingerprint density at radius 2 is 2.24 bits per heavy atom. The van der Waals surface area contributed by atoms with Crippen LogP contribution in [0, 0.1) is 5.92 Å². The second-order valence-electron chi connectivity index (χ2n) is 4.21. The van der Waals surface area contributed by atoms with E-state index in [2.05, 4.69) is 15.4 Å². The molecular formula is C11H15N5O. The number of hydrogen-bond donors (Lipinski definition) is 2. The lowest BCUT2D eigenvalue weighted by Crippen LogP contribution is -2.39. The molecule has 6 heteroatoms. The minimum absolute atomic E-state index is 0.0825. The third-order valence-corrected chi connectivity index (χ3v) is 2.50. The molecule has 0 aliphatic heterocycles. The van der Waals surface area contributed by atoms with E-state index in [-0.39, 0.29) is 5.92 Å². The van der Waals surface area contributed by atoms with Gasteiger partial charge in [0.25, 0.3) is 0 Å². The Labute approximate surface area is 98.8 Å². The van der Waals surface area contributed by atoms with Gasteiger partial charge in [-0.05, 0) is 18.1 Å². The topological polar surface area (TPSA) is 85.3 Å². The lowest BCUT2D eigenvalue weighted by atomic mass is 10.0. The smallest absolute Gasteiger partial charge is 0.243 e. The molecule has 0 aliphatic rings. The summed E-state index contributed by atoms with van der Waals surface area (Å²) in [6.07, 6.45) is 1.79. The highest BCUT2D eigenvalue weighted by atomic mass is 16.1. The zero-order valence-electron chi connectivity index (χ0n) is 9.79. The summed E-state index contributed by atoms with van der Waals surface area (Å²) in [5.41, 5.74) is 6.04. The fraction of sp³-hybridized carbons (Fsp3) is 0.364. The maximum absolute atomic E-state index is 11.3. The number of nitrogens with zero attached hydrogens (tertiary/aromatic N) is 3. The van der Waals surface area contributed by atoms with Gasteiger partial charge in [0.05, 0.1) is 0 Å². The molecule has 0 aliphatic carbocycles. The molecule has 0 saturated heterocycles. The Kier molecular flexibility index (Phi) is 2.95. The average Bonchev–Trinajstić information content (AvgIpc) is 2.67. The van der Waals surface area contributed by atoms with Crippen molar-refractivity contribution in [3.05, 3.63) is 24.4 Å². The Balaban J connectivity index is 2.25. The monoisotopic (exact) mass is 233 g/mol. The van der Waals surface area contributed by atoms with E-state index in [1.54, 1.807) is 10.7 Å². The van der Waals surface area contributed by atoms with Gasteiger partial charge in [-0.2, -0.15) is 4.98 Å². The number of primary amides is 1. The van der Waals surface area contributed by atoms with Crippen LogP contribution in [0.5, 0.6) is 0 Å². The normalized spacial score (nSPS) is 12.9. The maximum Gasteiger partial charge on any atom is 0.243 e. The van der Waals surface area contributed by atoms with Crippen molar-refractivity contribution in [2.24, 2.45) is 11.7 Å². The van der Waals surface area contributed by atoms with Crippen molar-refractivity contribution in [2.45, 2.75) is 19.9 Å². The van der Waals surface area contributed by atoms with Crippen molar-refractivity contribution in [1.82, 2.24) is 14.6 Å². The predicted molar refractivity (Wildman–Crippen MR) is 64.4 cm³/mol. The minimum atomic E-state index is -0.465. The Morgan fingerprint density at radius 3 is 2.82 bits per heavy atom. The number of hydrogen-bond acceptors (Lipinski definition) is 4. The van der Waals surface area contributed by atoms with E-state index in [1.807, 2.05) is 32.0 Å². The van der Waals surface area contributed by atoms with Gasteiger partial charge in [-0.3, -0.25) is 4.79 Å². The minimum Gasteiger partial charge on any atom is -0.368 e. The van der Waals surface area contributed by atoms with Crippen LogP contribution < -0.4 is 11.1 Å². The molecular weight excluding hydrogens is 218 g/mol. The van der Waals surface area contributed by atoms with Crippen molar-refractivity contribution in [3.8, 4) is 0 Å². The molecule has 2 aromatic rings. The van der Waals surface area contributed by atoms with Gasteiger partial charge in [-0.15, -0.1) is 5.10 Å². The summed E-state index contributed by atoms with van der Waals surface area (Å²) in [4.78, 5) is 15.5. The molecule has 3 N–H and O–H groups in total. The first-order chi connectivity index (χ1) is 8.08. The fourth-order valence-corrected chi connectivity index (χ4v) is 1.60. The lowest BCUT2D eigenvalue weighted by molar-refractivity contribution is -0.119. The molecule has 2 rings (SSSR count). The quantitative estimate of drug-likeness (QED) is 0.812. The van der Waals surface area contributed by atoms with Gasteiger partial charge in [-0.25, -0.2) is 4.52 Å². The number of rotatable bonds is 4. The number of amides is 1. The largest absolute Gasteiger partial charge is 0.368 e. The van der Waals surface area contributed by atoms with E-state index in [0.29, 0.717) is 5.95 Å². The first-order valence-electron chi connectivity index (χ1n) is 5.45. The molecule has 0 saturated carbocycles. The van der Waals surface area contributed by atoms with Crippen LogP contribution in [-0.2, 0) is 4.79 Å². The summed E-state index contributed by atoms with van der Waals surface area (Å²) in [6, 6.07) is 5.11. The average molecular weight is 233 g/mol. The molecule has 2 aromatic heterocycles. The van der Waals surface area contributed by atoms with Crippen molar-refractivity contribution in [3.63, 3.8) is 0 Å². The Hall–Kier alpha value is -2.11. The van der Waals surface area contributed by atoms with Crippen LogP contribution in [0.15, 0.2) is 24.4 Å². The van der Waals surface area contributed by atoms with Crippen LogP contribution in [0.25, 0.3) is 5.65 Å². The first-order valence-corrected chi connectivity index (χ1v) is 5.45. The molecule has 2 heterocycles. The molecule has 0 spiro atoms. The number of anilines is 1. The van der Waals surface area contributed by atoms with E-state index >= 15 is 0 Å². The molecule has 6 nitrogen and oxygen atoms in total. The molecule has 90 valence electrons. The van der Waals surface area contributed by atoms with Crippen LogP contribution in [-0.4, -0.2) is 26.5 Å². The summed E-state index contributed by atoms with van der Waals surface area (Å²) in [5, 5.41) is 7.15. The third-order valence-electron chi connectivity index (χ3n) is 2.50. The number of carbonyl (C=O) groups is 1. The van der Waals surface area contributed by atoms with Crippen molar-refractivity contribution < 1.29 is 4.79 Å². The van der Waals surface area contributed by atoms with Crippen molar-refractivity contribution in [1.29, 1.82) is 0 Å². The van der Waals surface area contributed by atoms with E-state index in [0.717, 1.165) is 5.65 Å². The summed E-state index contributed by atoms with van der Waals surface area (Å²) in [6.45, 7) is 3.83. The molecule has 0 radical (unpaired) electrons. The molecule has 1 unspecified atom stereocenters. The van der Waals surface area contributed by atoms with Gasteiger partial charge < -0.3 is 11.1 Å². The van der Waals surface area contributed by atoms with Crippen LogP contribution >= 0.6 is 0 Å². The van der Waals surface area contributed by atoms with Crippen LogP contribution in [0.2, 0.25) is 0 Å². The van der Waals surface area contributed by atoms with Crippen LogP contribution in [0.1, 0.15) is 13.8 Å². The molecule has 1 amide bonds. The van der Waals surface area contributed by atoms with E-state index in [1.165, 1.54) is 0 Å². The second kappa shape index (κ2) is 4.40. The highest BCUT2D eigenvalue weighted by Gasteiger charge is 2.20. The van der Waals surface area contributed by atoms with Gasteiger partial charge in [0.1, 0.15) is 6.04 Å². The number of nitrogens with two attached hydrogens (primary N) is 1. The predicted octanol–water partition coefficient (Wildman–Crippen LogP) is 0.651. The van der Waals surface area contributed by atoms with Gasteiger partial charge >= 0.3 is 0 Å². The summed E-state index contributed by atoms with van der Waals surface area (Å²) in [5.74, 6) is 0.0895. The second-order valence-corrected chi connectivity index (χ2v) is 4.21. The van der Waals surface area contributed by atoms with Crippen molar-refractivity contribution >= 4 is 17.5 Å². The van der Waals surface area contributed by atoms with Crippen molar-refractivity contribution in [2.75, 3.05) is 5.32 Å². The SMILES string of the molecule is CC(C)C(Nc1nc2ccccn2n1)C(N)=O.